The van der Waals surface area contributed by atoms with E-state index >= 15 is 0 Å². The van der Waals surface area contributed by atoms with E-state index in [4.69, 9.17) is 4.74 Å². The third-order valence-electron chi connectivity index (χ3n) is 3.99. The first kappa shape index (κ1) is 17.3. The molecule has 0 bridgehead atoms. The summed E-state index contributed by atoms with van der Waals surface area (Å²) < 4.78 is 7.04. The quantitative estimate of drug-likeness (QED) is 0.397. The number of hydrogen-bond donors (Lipinski definition) is 0. The van der Waals surface area contributed by atoms with Gasteiger partial charge in [-0.2, -0.15) is 5.10 Å². The van der Waals surface area contributed by atoms with Gasteiger partial charge < -0.3 is 4.74 Å². The molecule has 1 heterocycles. The van der Waals surface area contributed by atoms with Crippen LogP contribution in [0.3, 0.4) is 0 Å². The van der Waals surface area contributed by atoms with Crippen molar-refractivity contribution in [3.63, 3.8) is 0 Å². The Bertz CT molecular complexity index is 964. The van der Waals surface area contributed by atoms with Crippen molar-refractivity contribution in [1.29, 1.82) is 0 Å². The van der Waals surface area contributed by atoms with E-state index in [1.165, 1.54) is 12.1 Å². The summed E-state index contributed by atoms with van der Waals surface area (Å²) in [5.41, 5.74) is 3.01. The molecule has 3 aromatic rings. The van der Waals surface area contributed by atoms with Crippen LogP contribution in [0.1, 0.15) is 27.3 Å². The largest absolute Gasteiger partial charge is 0.457 e. The van der Waals surface area contributed by atoms with Crippen LogP contribution in [0.2, 0.25) is 0 Å². The maximum Gasteiger partial charge on any atom is 0.342 e. The van der Waals surface area contributed by atoms with Crippen LogP contribution in [0.15, 0.2) is 54.6 Å². The first-order valence-corrected chi connectivity index (χ1v) is 7.99. The number of nitrogens with zero attached hydrogens (tertiary/aromatic N) is 3. The van der Waals surface area contributed by atoms with Crippen molar-refractivity contribution in [2.24, 2.45) is 0 Å². The number of ether oxygens (including phenoxy) is 1. The van der Waals surface area contributed by atoms with Crippen LogP contribution in [0.25, 0.3) is 5.69 Å². The molecule has 0 aliphatic carbocycles. The topological polar surface area (TPSA) is 87.3 Å². The van der Waals surface area contributed by atoms with E-state index in [2.05, 4.69) is 5.10 Å². The molecule has 0 amide bonds. The van der Waals surface area contributed by atoms with Gasteiger partial charge in [0.1, 0.15) is 12.2 Å². The van der Waals surface area contributed by atoms with Gasteiger partial charge in [0.2, 0.25) is 0 Å². The van der Waals surface area contributed by atoms with Gasteiger partial charge in [-0.1, -0.05) is 30.3 Å². The molecule has 7 nitrogen and oxygen atoms in total. The zero-order valence-electron chi connectivity index (χ0n) is 14.4. The highest BCUT2D eigenvalue weighted by Gasteiger charge is 2.21. The highest BCUT2D eigenvalue weighted by Crippen LogP contribution is 2.20. The molecule has 0 radical (unpaired) electrons. The molecule has 0 atom stereocenters. The lowest BCUT2D eigenvalue weighted by molar-refractivity contribution is -0.384. The molecule has 7 heteroatoms. The summed E-state index contributed by atoms with van der Waals surface area (Å²) >= 11 is 0. The number of nitro benzene ring substituents is 1. The molecule has 0 saturated carbocycles. The van der Waals surface area contributed by atoms with Crippen molar-refractivity contribution in [3.8, 4) is 5.69 Å². The Balaban J connectivity index is 1.80. The van der Waals surface area contributed by atoms with E-state index in [-0.39, 0.29) is 12.3 Å². The van der Waals surface area contributed by atoms with Crippen LogP contribution in [0.5, 0.6) is 0 Å². The predicted octanol–water partition coefficient (Wildman–Crippen LogP) is 3.75. The van der Waals surface area contributed by atoms with Crippen molar-refractivity contribution in [2.75, 3.05) is 0 Å². The van der Waals surface area contributed by atoms with Crippen molar-refractivity contribution < 1.29 is 14.5 Å². The molecule has 26 heavy (non-hydrogen) atoms. The molecule has 0 saturated heterocycles. The monoisotopic (exact) mass is 351 g/mol. The number of rotatable bonds is 5. The highest BCUT2D eigenvalue weighted by molar-refractivity contribution is 5.92. The third kappa shape index (κ3) is 3.46. The molecule has 1 aromatic heterocycles. The summed E-state index contributed by atoms with van der Waals surface area (Å²) in [5.74, 6) is -0.506. The fourth-order valence-electron chi connectivity index (χ4n) is 2.74. The van der Waals surface area contributed by atoms with E-state index in [1.54, 1.807) is 30.7 Å². The van der Waals surface area contributed by atoms with E-state index in [9.17, 15) is 14.9 Å². The average Bonchev–Trinajstić information content (AvgIpc) is 2.95. The molecule has 0 spiro atoms. The van der Waals surface area contributed by atoms with Crippen molar-refractivity contribution in [2.45, 2.75) is 20.5 Å². The van der Waals surface area contributed by atoms with Gasteiger partial charge in [0.05, 0.1) is 22.0 Å². The van der Waals surface area contributed by atoms with Crippen molar-refractivity contribution in [1.82, 2.24) is 9.78 Å². The Kier molecular flexibility index (Phi) is 4.79. The zero-order valence-corrected chi connectivity index (χ0v) is 14.4. The second kappa shape index (κ2) is 7.18. The van der Waals surface area contributed by atoms with Gasteiger partial charge in [0.15, 0.2) is 0 Å². The maximum atomic E-state index is 12.5. The minimum absolute atomic E-state index is 0.0391. The number of hydrogen-bond acceptors (Lipinski definition) is 5. The standard InChI is InChI=1S/C19H17N3O4/c1-13-18(14(2)21(20-13)16-8-4-3-5-9-16)19(23)26-12-15-7-6-10-17(11-15)22(24)25/h3-11H,12H2,1-2H3. The number of non-ortho nitro benzene ring substituents is 1. The lowest BCUT2D eigenvalue weighted by Crippen LogP contribution is -2.08. The van der Waals surface area contributed by atoms with Crippen LogP contribution in [-0.2, 0) is 11.3 Å². The summed E-state index contributed by atoms with van der Waals surface area (Å²) in [4.78, 5) is 22.9. The fourth-order valence-corrected chi connectivity index (χ4v) is 2.74. The minimum Gasteiger partial charge on any atom is -0.457 e. The first-order chi connectivity index (χ1) is 12.5. The number of carbonyl (C=O) groups excluding carboxylic acids is 1. The number of carbonyl (C=O) groups is 1. The molecule has 3 rings (SSSR count). The molecule has 0 fully saturated rings. The van der Waals surface area contributed by atoms with E-state index in [0.29, 0.717) is 22.5 Å². The summed E-state index contributed by atoms with van der Waals surface area (Å²) in [7, 11) is 0. The summed E-state index contributed by atoms with van der Waals surface area (Å²) in [6.07, 6.45) is 0. The Morgan fingerprint density at radius 2 is 1.88 bits per heavy atom. The lowest BCUT2D eigenvalue weighted by atomic mass is 10.2. The van der Waals surface area contributed by atoms with Crippen LogP contribution in [0, 0.1) is 24.0 Å². The van der Waals surface area contributed by atoms with Crippen LogP contribution < -0.4 is 0 Å². The van der Waals surface area contributed by atoms with E-state index in [1.807, 2.05) is 30.3 Å². The van der Waals surface area contributed by atoms with Crippen molar-refractivity contribution in [3.05, 3.63) is 87.2 Å². The molecule has 0 N–H and O–H groups in total. The zero-order chi connectivity index (χ0) is 18.7. The maximum absolute atomic E-state index is 12.5. The Labute approximate surface area is 150 Å². The minimum atomic E-state index is -0.506. The molecular weight excluding hydrogens is 334 g/mol. The lowest BCUT2D eigenvalue weighted by Gasteiger charge is -2.06. The van der Waals surface area contributed by atoms with Gasteiger partial charge >= 0.3 is 5.97 Å². The number of nitro groups is 1. The van der Waals surface area contributed by atoms with Gasteiger partial charge in [-0.15, -0.1) is 0 Å². The summed E-state index contributed by atoms with van der Waals surface area (Å²) in [6.45, 7) is 3.50. The van der Waals surface area contributed by atoms with Crippen molar-refractivity contribution >= 4 is 11.7 Å². The van der Waals surface area contributed by atoms with E-state index < -0.39 is 10.9 Å². The van der Waals surface area contributed by atoms with Gasteiger partial charge in [0, 0.05) is 12.1 Å². The fraction of sp³-hybridized carbons (Fsp3) is 0.158. The number of aromatic nitrogens is 2. The van der Waals surface area contributed by atoms with Gasteiger partial charge in [-0.3, -0.25) is 10.1 Å². The SMILES string of the molecule is Cc1nn(-c2ccccc2)c(C)c1C(=O)OCc1cccc([N+](=O)[O-])c1. The number of esters is 1. The van der Waals surface area contributed by atoms with Crippen LogP contribution in [0.4, 0.5) is 5.69 Å². The second-order valence-corrected chi connectivity index (χ2v) is 5.80. The molecule has 132 valence electrons. The van der Waals surface area contributed by atoms with Crippen LogP contribution in [-0.4, -0.2) is 20.7 Å². The Morgan fingerprint density at radius 3 is 2.58 bits per heavy atom. The van der Waals surface area contributed by atoms with Crippen LogP contribution >= 0.6 is 0 Å². The normalized spacial score (nSPS) is 10.5. The average molecular weight is 351 g/mol. The third-order valence-corrected chi connectivity index (χ3v) is 3.99. The molecule has 0 unspecified atom stereocenters. The predicted molar refractivity (Wildman–Crippen MR) is 95.3 cm³/mol. The number of para-hydroxylation sites is 1. The first-order valence-electron chi connectivity index (χ1n) is 7.99. The molecular formula is C19H17N3O4. The number of benzene rings is 2. The smallest absolute Gasteiger partial charge is 0.342 e. The molecule has 0 aliphatic rings. The van der Waals surface area contributed by atoms with Gasteiger partial charge in [-0.25, -0.2) is 9.48 Å². The van der Waals surface area contributed by atoms with Gasteiger partial charge in [-0.05, 0) is 31.5 Å². The van der Waals surface area contributed by atoms with E-state index in [0.717, 1.165) is 5.69 Å². The summed E-state index contributed by atoms with van der Waals surface area (Å²) in [6, 6.07) is 15.5. The van der Waals surface area contributed by atoms with Gasteiger partial charge in [0.25, 0.3) is 5.69 Å². The number of aryl methyl sites for hydroxylation is 1. The molecule has 2 aromatic carbocycles. The Morgan fingerprint density at radius 1 is 1.15 bits per heavy atom. The Hall–Kier alpha value is -3.48. The highest BCUT2D eigenvalue weighted by atomic mass is 16.6. The second-order valence-electron chi connectivity index (χ2n) is 5.80. The molecule has 0 aliphatic heterocycles. The summed E-state index contributed by atoms with van der Waals surface area (Å²) in [5, 5.41) is 15.2.